The molecule has 1 fully saturated rings. The maximum absolute atomic E-state index is 12.1. The van der Waals surface area contributed by atoms with E-state index in [1.165, 1.54) is 0 Å². The molecule has 0 atom stereocenters. The number of anilines is 1. The van der Waals surface area contributed by atoms with Crippen molar-refractivity contribution < 1.29 is 19.0 Å². The minimum absolute atomic E-state index is 0.161. The molecular weight excluding hydrogens is 476 g/mol. The van der Waals surface area contributed by atoms with Crippen LogP contribution in [-0.4, -0.2) is 74.7 Å². The second kappa shape index (κ2) is 12.7. The summed E-state index contributed by atoms with van der Waals surface area (Å²) in [7, 11) is 5.33. The standard InChI is InChI=1S/C27H34N4O4S/c1-29-10-11-30(26(32)18-29)12-13-35-19-23-20-36-27(28-23)31(16-21-6-4-8-24(14-21)33-2)17-22-7-5-9-25(15-22)34-3/h4-9,14-15,20H,10-13,16-19H2,1-3H3. The molecule has 0 aliphatic carbocycles. The van der Waals surface area contributed by atoms with E-state index in [4.69, 9.17) is 19.2 Å². The summed E-state index contributed by atoms with van der Waals surface area (Å²) in [6, 6.07) is 16.2. The molecule has 1 aromatic heterocycles. The van der Waals surface area contributed by atoms with E-state index in [1.807, 2.05) is 46.5 Å². The van der Waals surface area contributed by atoms with Crippen molar-refractivity contribution in [2.45, 2.75) is 19.7 Å². The van der Waals surface area contributed by atoms with Gasteiger partial charge in [-0.2, -0.15) is 0 Å². The average Bonchev–Trinajstić information content (AvgIpc) is 3.36. The minimum atomic E-state index is 0.161. The van der Waals surface area contributed by atoms with Crippen LogP contribution in [0.4, 0.5) is 5.13 Å². The Morgan fingerprint density at radius 2 is 1.67 bits per heavy atom. The Morgan fingerprint density at radius 1 is 1.00 bits per heavy atom. The zero-order valence-corrected chi connectivity index (χ0v) is 22.0. The number of aromatic nitrogens is 1. The first-order valence-electron chi connectivity index (χ1n) is 12.0. The maximum atomic E-state index is 12.1. The molecular formula is C27H34N4O4S. The van der Waals surface area contributed by atoms with E-state index in [0.29, 0.717) is 39.4 Å². The highest BCUT2D eigenvalue weighted by atomic mass is 32.1. The van der Waals surface area contributed by atoms with Gasteiger partial charge in [0.05, 0.1) is 39.7 Å². The van der Waals surface area contributed by atoms with Crippen LogP contribution in [0, 0.1) is 0 Å². The largest absolute Gasteiger partial charge is 0.497 e. The van der Waals surface area contributed by atoms with Crippen LogP contribution in [0.2, 0.25) is 0 Å². The van der Waals surface area contributed by atoms with Gasteiger partial charge in [0.1, 0.15) is 11.5 Å². The van der Waals surface area contributed by atoms with Gasteiger partial charge >= 0.3 is 0 Å². The van der Waals surface area contributed by atoms with Gasteiger partial charge in [-0.15, -0.1) is 11.3 Å². The first-order valence-corrected chi connectivity index (χ1v) is 12.9. The number of thiazole rings is 1. The summed E-state index contributed by atoms with van der Waals surface area (Å²) >= 11 is 1.61. The fourth-order valence-corrected chi connectivity index (χ4v) is 4.91. The molecule has 1 amide bonds. The molecule has 1 aliphatic heterocycles. The monoisotopic (exact) mass is 510 g/mol. The predicted octanol–water partition coefficient (Wildman–Crippen LogP) is 3.66. The number of carbonyl (C=O) groups is 1. The molecule has 0 saturated carbocycles. The molecule has 4 rings (SSSR count). The number of methoxy groups -OCH3 is 2. The zero-order valence-electron chi connectivity index (χ0n) is 21.2. The highest BCUT2D eigenvalue weighted by Crippen LogP contribution is 2.27. The fourth-order valence-electron chi connectivity index (χ4n) is 4.10. The summed E-state index contributed by atoms with van der Waals surface area (Å²) in [5.41, 5.74) is 3.17. The van der Waals surface area contributed by atoms with E-state index < -0.39 is 0 Å². The van der Waals surface area contributed by atoms with Crippen molar-refractivity contribution in [3.05, 3.63) is 70.7 Å². The lowest BCUT2D eigenvalue weighted by atomic mass is 10.1. The quantitative estimate of drug-likeness (QED) is 0.345. The van der Waals surface area contributed by atoms with Gasteiger partial charge in [-0.3, -0.25) is 9.69 Å². The first-order chi connectivity index (χ1) is 17.5. The number of nitrogens with zero attached hydrogens (tertiary/aromatic N) is 4. The van der Waals surface area contributed by atoms with Crippen molar-refractivity contribution in [2.24, 2.45) is 0 Å². The molecule has 3 aromatic rings. The van der Waals surface area contributed by atoms with E-state index in [9.17, 15) is 4.79 Å². The summed E-state index contributed by atoms with van der Waals surface area (Å²) in [5.74, 6) is 1.83. The van der Waals surface area contributed by atoms with Gasteiger partial charge < -0.3 is 24.0 Å². The van der Waals surface area contributed by atoms with Crippen LogP contribution < -0.4 is 14.4 Å². The van der Waals surface area contributed by atoms with Gasteiger partial charge in [0.15, 0.2) is 5.13 Å². The summed E-state index contributed by atoms with van der Waals surface area (Å²) in [4.78, 5) is 23.2. The number of hydrogen-bond donors (Lipinski definition) is 0. The average molecular weight is 511 g/mol. The van der Waals surface area contributed by atoms with Crippen molar-refractivity contribution in [1.82, 2.24) is 14.8 Å². The number of amides is 1. The van der Waals surface area contributed by atoms with Crippen molar-refractivity contribution in [3.8, 4) is 11.5 Å². The van der Waals surface area contributed by atoms with Gasteiger partial charge in [0, 0.05) is 38.1 Å². The Bertz CT molecular complexity index is 1090. The van der Waals surface area contributed by atoms with Gasteiger partial charge in [-0.05, 0) is 42.4 Å². The Hall–Kier alpha value is -3.14. The van der Waals surface area contributed by atoms with Crippen molar-refractivity contribution >= 4 is 22.4 Å². The Balaban J connectivity index is 1.40. The van der Waals surface area contributed by atoms with Gasteiger partial charge in [0.25, 0.3) is 0 Å². The van der Waals surface area contributed by atoms with Crippen LogP contribution in [0.5, 0.6) is 11.5 Å². The maximum Gasteiger partial charge on any atom is 0.236 e. The lowest BCUT2D eigenvalue weighted by molar-refractivity contribution is -0.136. The van der Waals surface area contributed by atoms with Crippen molar-refractivity contribution in [3.63, 3.8) is 0 Å². The topological polar surface area (TPSA) is 67.4 Å². The van der Waals surface area contributed by atoms with Crippen LogP contribution in [0.3, 0.4) is 0 Å². The molecule has 0 radical (unpaired) electrons. The molecule has 9 heteroatoms. The van der Waals surface area contributed by atoms with E-state index in [-0.39, 0.29) is 5.91 Å². The highest BCUT2D eigenvalue weighted by Gasteiger charge is 2.21. The van der Waals surface area contributed by atoms with Crippen LogP contribution >= 0.6 is 11.3 Å². The summed E-state index contributed by atoms with van der Waals surface area (Å²) < 4.78 is 16.7. The highest BCUT2D eigenvalue weighted by molar-refractivity contribution is 7.13. The lowest BCUT2D eigenvalue weighted by Crippen LogP contribution is -2.49. The second-order valence-electron chi connectivity index (χ2n) is 8.85. The molecule has 1 aliphatic rings. The van der Waals surface area contributed by atoms with E-state index in [2.05, 4.69) is 29.2 Å². The third kappa shape index (κ3) is 7.19. The number of rotatable bonds is 12. The van der Waals surface area contributed by atoms with E-state index in [0.717, 1.165) is 46.5 Å². The minimum Gasteiger partial charge on any atom is -0.497 e. The molecule has 36 heavy (non-hydrogen) atoms. The number of ether oxygens (including phenoxy) is 3. The van der Waals surface area contributed by atoms with Crippen LogP contribution in [0.25, 0.3) is 0 Å². The van der Waals surface area contributed by atoms with Crippen molar-refractivity contribution in [2.75, 3.05) is 59.0 Å². The predicted molar refractivity (Wildman–Crippen MR) is 142 cm³/mol. The summed E-state index contributed by atoms with van der Waals surface area (Å²) in [6.07, 6.45) is 0. The molecule has 0 spiro atoms. The molecule has 1 saturated heterocycles. The SMILES string of the molecule is COc1cccc(CN(Cc2cccc(OC)c2)c2nc(COCCN3CCN(C)CC3=O)cs2)c1. The Morgan fingerprint density at radius 3 is 2.28 bits per heavy atom. The van der Waals surface area contributed by atoms with E-state index in [1.54, 1.807) is 25.6 Å². The number of carbonyl (C=O) groups excluding carboxylic acids is 1. The number of benzene rings is 2. The smallest absolute Gasteiger partial charge is 0.236 e. The number of hydrogen-bond acceptors (Lipinski definition) is 8. The molecule has 0 unspecified atom stereocenters. The molecule has 2 aromatic carbocycles. The molecule has 0 N–H and O–H groups in total. The third-order valence-corrected chi connectivity index (χ3v) is 7.04. The molecule has 8 nitrogen and oxygen atoms in total. The number of likely N-dealkylation sites (N-methyl/N-ethyl adjacent to an activating group) is 1. The Labute approximate surface area is 217 Å². The van der Waals surface area contributed by atoms with Crippen LogP contribution in [0.15, 0.2) is 53.9 Å². The summed E-state index contributed by atoms with van der Waals surface area (Å²) in [5, 5.41) is 2.97. The van der Waals surface area contributed by atoms with Crippen LogP contribution in [-0.2, 0) is 29.2 Å². The van der Waals surface area contributed by atoms with Gasteiger partial charge in [0.2, 0.25) is 5.91 Å². The Kier molecular flexibility index (Phi) is 9.16. The molecule has 2 heterocycles. The fraction of sp³-hybridized carbons (Fsp3) is 0.407. The molecule has 0 bridgehead atoms. The van der Waals surface area contributed by atoms with E-state index >= 15 is 0 Å². The lowest BCUT2D eigenvalue weighted by Gasteiger charge is -2.31. The van der Waals surface area contributed by atoms with Gasteiger partial charge in [-0.25, -0.2) is 4.98 Å². The summed E-state index contributed by atoms with van der Waals surface area (Å²) in [6.45, 7) is 5.04. The van der Waals surface area contributed by atoms with Crippen LogP contribution in [0.1, 0.15) is 16.8 Å². The zero-order chi connectivity index (χ0) is 25.3. The number of piperazine rings is 1. The normalized spacial score (nSPS) is 14.2. The first kappa shape index (κ1) is 25.9. The second-order valence-corrected chi connectivity index (χ2v) is 9.69. The van der Waals surface area contributed by atoms with Crippen molar-refractivity contribution in [1.29, 1.82) is 0 Å². The molecule has 192 valence electrons. The third-order valence-electron chi connectivity index (χ3n) is 6.09. The van der Waals surface area contributed by atoms with Gasteiger partial charge in [-0.1, -0.05) is 24.3 Å².